The van der Waals surface area contributed by atoms with E-state index >= 15 is 0 Å². The van der Waals surface area contributed by atoms with Crippen molar-refractivity contribution in [3.8, 4) is 17.0 Å². The average molecular weight is 396 g/mol. The monoisotopic (exact) mass is 395 g/mol. The van der Waals surface area contributed by atoms with E-state index in [1.165, 1.54) is 16.7 Å². The van der Waals surface area contributed by atoms with Gasteiger partial charge < -0.3 is 5.11 Å². The third-order valence-electron chi connectivity index (χ3n) is 5.16. The van der Waals surface area contributed by atoms with E-state index in [0.29, 0.717) is 5.75 Å². The number of phenols is 1. The second-order valence-corrected chi connectivity index (χ2v) is 7.44. The van der Waals surface area contributed by atoms with Crippen LogP contribution in [0.15, 0.2) is 85.3 Å². The zero-order valence-electron chi connectivity index (χ0n) is 16.9. The molecule has 0 atom stereocenters. The van der Waals surface area contributed by atoms with Crippen LogP contribution in [0.4, 0.5) is 0 Å². The molecule has 4 rings (SSSR count). The Balaban J connectivity index is 1.38. The summed E-state index contributed by atoms with van der Waals surface area (Å²) in [4.78, 5) is 13.4. The summed E-state index contributed by atoms with van der Waals surface area (Å²) in [6.07, 6.45) is 10.3. The fraction of sp³-hybridized carbons (Fsp3) is 0.192. The number of hydrogen-bond donors (Lipinski definition) is 1. The number of nitrogens with zero attached hydrogens (tertiary/aromatic N) is 3. The maximum absolute atomic E-state index is 9.39. The van der Waals surface area contributed by atoms with Crippen molar-refractivity contribution < 1.29 is 5.11 Å². The van der Waals surface area contributed by atoms with Crippen LogP contribution in [-0.2, 0) is 25.7 Å². The molecule has 0 aliphatic heterocycles. The van der Waals surface area contributed by atoms with Crippen molar-refractivity contribution in [3.63, 3.8) is 0 Å². The molecule has 0 saturated heterocycles. The predicted molar refractivity (Wildman–Crippen MR) is 119 cm³/mol. The largest absolute Gasteiger partial charge is 0.508 e. The minimum atomic E-state index is 0.303. The summed E-state index contributed by atoms with van der Waals surface area (Å²) in [6, 6.07) is 22.1. The molecule has 0 amide bonds. The highest BCUT2D eigenvalue weighted by Crippen LogP contribution is 2.20. The van der Waals surface area contributed by atoms with E-state index in [1.807, 2.05) is 42.9 Å². The Morgan fingerprint density at radius 1 is 0.700 bits per heavy atom. The second-order valence-electron chi connectivity index (χ2n) is 7.44. The van der Waals surface area contributed by atoms with Gasteiger partial charge in [0.25, 0.3) is 0 Å². The van der Waals surface area contributed by atoms with Crippen molar-refractivity contribution in [1.82, 2.24) is 15.0 Å². The maximum atomic E-state index is 9.39. The number of aryl methyl sites for hydroxylation is 4. The van der Waals surface area contributed by atoms with Gasteiger partial charge in [-0.3, -0.25) is 4.98 Å². The molecule has 4 nitrogen and oxygen atoms in total. The summed E-state index contributed by atoms with van der Waals surface area (Å²) in [5, 5.41) is 9.39. The molecule has 150 valence electrons. The lowest BCUT2D eigenvalue weighted by Gasteiger charge is -2.07. The highest BCUT2D eigenvalue weighted by Gasteiger charge is 2.05. The first-order valence-corrected chi connectivity index (χ1v) is 10.3. The number of phenolic OH excluding ortho intramolecular Hbond substituents is 1. The van der Waals surface area contributed by atoms with Gasteiger partial charge >= 0.3 is 0 Å². The smallest absolute Gasteiger partial charge is 0.128 e. The third kappa shape index (κ3) is 5.51. The van der Waals surface area contributed by atoms with Gasteiger partial charge in [-0.25, -0.2) is 9.97 Å². The molecule has 0 spiro atoms. The van der Waals surface area contributed by atoms with Crippen molar-refractivity contribution in [2.75, 3.05) is 0 Å². The van der Waals surface area contributed by atoms with E-state index < -0.39 is 0 Å². The van der Waals surface area contributed by atoms with Crippen molar-refractivity contribution >= 4 is 0 Å². The van der Waals surface area contributed by atoms with E-state index in [-0.39, 0.29) is 0 Å². The number of hydrogen-bond acceptors (Lipinski definition) is 4. The van der Waals surface area contributed by atoms with Gasteiger partial charge in [-0.2, -0.15) is 0 Å². The summed E-state index contributed by atoms with van der Waals surface area (Å²) in [5.41, 5.74) is 5.85. The zero-order chi connectivity index (χ0) is 20.6. The Bertz CT molecular complexity index is 1080. The summed E-state index contributed by atoms with van der Waals surface area (Å²) in [5.74, 6) is 1.17. The topological polar surface area (TPSA) is 58.9 Å². The number of aromatic nitrogens is 3. The van der Waals surface area contributed by atoms with E-state index in [9.17, 15) is 5.11 Å². The highest BCUT2D eigenvalue weighted by atomic mass is 16.3. The number of pyridine rings is 1. The molecular weight excluding hydrogens is 370 g/mol. The van der Waals surface area contributed by atoms with Crippen LogP contribution in [0.3, 0.4) is 0 Å². The van der Waals surface area contributed by atoms with Crippen LogP contribution in [0, 0.1) is 0 Å². The molecule has 4 aromatic rings. The first-order chi connectivity index (χ1) is 14.8. The summed E-state index contributed by atoms with van der Waals surface area (Å²) in [7, 11) is 0. The number of benzene rings is 2. The number of rotatable bonds is 8. The standard InChI is InChI=1S/C26H25N3O/c30-24-13-11-20(12-14-24)4-2-8-26-28-17-15-25(29-26)23-7-1-5-21(18-23)9-10-22-6-3-16-27-19-22/h1,3,5-7,11-19,30H,2,4,8-10H2. The van der Waals surface area contributed by atoms with Crippen molar-refractivity contribution in [2.45, 2.75) is 32.1 Å². The van der Waals surface area contributed by atoms with Gasteiger partial charge in [0.05, 0.1) is 5.69 Å². The predicted octanol–water partition coefficient (Wildman–Crippen LogP) is 5.20. The molecule has 2 heterocycles. The molecule has 4 heteroatoms. The maximum Gasteiger partial charge on any atom is 0.128 e. The lowest BCUT2D eigenvalue weighted by Crippen LogP contribution is -1.98. The summed E-state index contributed by atoms with van der Waals surface area (Å²) >= 11 is 0. The normalized spacial score (nSPS) is 10.8. The highest BCUT2D eigenvalue weighted by molar-refractivity contribution is 5.59. The summed E-state index contributed by atoms with van der Waals surface area (Å²) < 4.78 is 0. The van der Waals surface area contributed by atoms with Gasteiger partial charge in [-0.1, -0.05) is 36.4 Å². The minimum Gasteiger partial charge on any atom is -0.508 e. The Hall–Kier alpha value is -3.53. The van der Waals surface area contributed by atoms with Crippen LogP contribution >= 0.6 is 0 Å². The van der Waals surface area contributed by atoms with Crippen LogP contribution in [0.2, 0.25) is 0 Å². The Kier molecular flexibility index (Phi) is 6.45. The zero-order valence-corrected chi connectivity index (χ0v) is 16.9. The molecule has 2 aromatic carbocycles. The molecular formula is C26H25N3O. The molecule has 0 aliphatic rings. The Morgan fingerprint density at radius 3 is 2.37 bits per heavy atom. The second kappa shape index (κ2) is 9.79. The van der Waals surface area contributed by atoms with Gasteiger partial charge in [0.1, 0.15) is 11.6 Å². The van der Waals surface area contributed by atoms with Gasteiger partial charge in [-0.05, 0) is 72.7 Å². The molecule has 0 unspecified atom stereocenters. The Labute approximate surface area is 177 Å². The van der Waals surface area contributed by atoms with E-state index in [1.54, 1.807) is 12.1 Å². The SMILES string of the molecule is Oc1ccc(CCCc2nccc(-c3cccc(CCc4cccnc4)c3)n2)cc1. The van der Waals surface area contributed by atoms with Crippen molar-refractivity contribution in [3.05, 3.63) is 108 Å². The van der Waals surface area contributed by atoms with Crippen LogP contribution in [-0.4, -0.2) is 20.1 Å². The van der Waals surface area contributed by atoms with Crippen LogP contribution in [0.1, 0.15) is 28.9 Å². The van der Waals surface area contributed by atoms with E-state index in [0.717, 1.165) is 49.2 Å². The van der Waals surface area contributed by atoms with Crippen LogP contribution in [0.5, 0.6) is 5.75 Å². The minimum absolute atomic E-state index is 0.303. The van der Waals surface area contributed by atoms with Gasteiger partial charge in [0.2, 0.25) is 0 Å². The first-order valence-electron chi connectivity index (χ1n) is 10.3. The quantitative estimate of drug-likeness (QED) is 0.445. The first kappa shape index (κ1) is 19.8. The van der Waals surface area contributed by atoms with Crippen LogP contribution < -0.4 is 0 Å². The molecule has 0 aliphatic carbocycles. The van der Waals surface area contributed by atoms with Gasteiger partial charge in [0, 0.05) is 30.6 Å². The van der Waals surface area contributed by atoms with Crippen LogP contribution in [0.25, 0.3) is 11.3 Å². The molecule has 0 bridgehead atoms. The average Bonchev–Trinajstić information content (AvgIpc) is 2.80. The molecule has 30 heavy (non-hydrogen) atoms. The van der Waals surface area contributed by atoms with Gasteiger partial charge in [-0.15, -0.1) is 0 Å². The molecule has 0 radical (unpaired) electrons. The fourth-order valence-corrected chi connectivity index (χ4v) is 3.51. The van der Waals surface area contributed by atoms with Crippen molar-refractivity contribution in [2.24, 2.45) is 0 Å². The van der Waals surface area contributed by atoms with E-state index in [2.05, 4.69) is 40.3 Å². The molecule has 0 fully saturated rings. The Morgan fingerprint density at radius 2 is 1.53 bits per heavy atom. The molecule has 0 saturated carbocycles. The third-order valence-corrected chi connectivity index (χ3v) is 5.16. The summed E-state index contributed by atoms with van der Waals surface area (Å²) in [6.45, 7) is 0. The van der Waals surface area contributed by atoms with Gasteiger partial charge in [0.15, 0.2) is 0 Å². The fourth-order valence-electron chi connectivity index (χ4n) is 3.51. The molecule has 2 aromatic heterocycles. The lowest BCUT2D eigenvalue weighted by molar-refractivity contribution is 0.475. The number of aromatic hydroxyl groups is 1. The van der Waals surface area contributed by atoms with Crippen molar-refractivity contribution in [1.29, 1.82) is 0 Å². The molecule has 1 N–H and O–H groups in total. The lowest BCUT2D eigenvalue weighted by atomic mass is 10.0. The van der Waals surface area contributed by atoms with E-state index in [4.69, 9.17) is 4.98 Å².